The number of unbranched alkanes of at least 4 members (excludes halogenated alkanes) is 18. The van der Waals surface area contributed by atoms with E-state index in [0.717, 1.165) is 19.3 Å². The molecule has 0 fully saturated rings. The van der Waals surface area contributed by atoms with E-state index in [1.165, 1.54) is 103 Å². The van der Waals surface area contributed by atoms with Gasteiger partial charge in [0.1, 0.15) is 6.04 Å². The van der Waals surface area contributed by atoms with E-state index in [4.69, 9.17) is 5.73 Å². The Morgan fingerprint density at radius 3 is 1.30 bits per heavy atom. The van der Waals surface area contributed by atoms with E-state index in [2.05, 4.69) is 12.2 Å². The molecule has 0 rings (SSSR count). The van der Waals surface area contributed by atoms with Crippen LogP contribution in [0.2, 0.25) is 0 Å². The van der Waals surface area contributed by atoms with Crippen molar-refractivity contribution in [1.82, 2.24) is 5.32 Å². The van der Waals surface area contributed by atoms with Crippen molar-refractivity contribution in [3.05, 3.63) is 0 Å². The lowest BCUT2D eigenvalue weighted by molar-refractivity contribution is -0.325. The lowest BCUT2D eigenvalue weighted by Gasteiger charge is -2.29. The van der Waals surface area contributed by atoms with Gasteiger partial charge in [-0.2, -0.15) is 0 Å². The Morgan fingerprint density at radius 2 is 1.00 bits per heavy atom. The molecule has 0 heterocycles. The fourth-order valence-corrected chi connectivity index (χ4v) is 4.36. The minimum atomic E-state index is -2.98. The van der Waals surface area contributed by atoms with Crippen LogP contribution in [0, 0.1) is 0 Å². The molecule has 0 spiro atoms. The number of amides is 1. The summed E-state index contributed by atoms with van der Waals surface area (Å²) in [7, 11) is 0. The van der Waals surface area contributed by atoms with E-state index in [-0.39, 0.29) is 5.91 Å². The van der Waals surface area contributed by atoms with Crippen LogP contribution in [0.5, 0.6) is 0 Å². The van der Waals surface area contributed by atoms with Gasteiger partial charge in [-0.3, -0.25) is 4.79 Å². The minimum absolute atomic E-state index is 0.159. The summed E-state index contributed by atoms with van der Waals surface area (Å²) in [5.41, 5.74) is 5.59. The predicted octanol–water partition coefficient (Wildman–Crippen LogP) is 5.66. The zero-order valence-electron chi connectivity index (χ0n) is 21.8. The van der Waals surface area contributed by atoms with Gasteiger partial charge in [-0.1, -0.05) is 129 Å². The average Bonchev–Trinajstić information content (AvgIpc) is 2.77. The lowest BCUT2D eigenvalue weighted by atomic mass is 10.0. The van der Waals surface area contributed by atoms with Crippen LogP contribution < -0.4 is 11.1 Å². The summed E-state index contributed by atoms with van der Waals surface area (Å²) in [5.74, 6) is -3.14. The number of aliphatic hydroxyl groups is 3. The molecular formula is C27H56N2O4. The van der Waals surface area contributed by atoms with Crippen molar-refractivity contribution in [2.45, 2.75) is 167 Å². The Hall–Kier alpha value is -0.690. The highest BCUT2D eigenvalue weighted by molar-refractivity contribution is 5.76. The highest BCUT2D eigenvalue weighted by Crippen LogP contribution is 2.15. The predicted molar refractivity (Wildman–Crippen MR) is 138 cm³/mol. The zero-order valence-corrected chi connectivity index (χ0v) is 21.8. The second kappa shape index (κ2) is 21.8. The number of nitrogens with two attached hydrogens (primary N) is 1. The summed E-state index contributed by atoms with van der Waals surface area (Å²) in [6.07, 6.45) is 25.9. The van der Waals surface area contributed by atoms with Crippen LogP contribution in [0.15, 0.2) is 0 Å². The van der Waals surface area contributed by atoms with E-state index >= 15 is 0 Å². The summed E-state index contributed by atoms with van der Waals surface area (Å²) in [6, 6.07) is -2.01. The molecule has 198 valence electrons. The number of rotatable bonds is 24. The van der Waals surface area contributed by atoms with Gasteiger partial charge < -0.3 is 26.4 Å². The molecule has 0 aliphatic heterocycles. The molecular weight excluding hydrogens is 416 g/mol. The summed E-state index contributed by atoms with van der Waals surface area (Å²) in [4.78, 5) is 12.0. The summed E-state index contributed by atoms with van der Waals surface area (Å²) < 4.78 is 0. The first kappa shape index (κ1) is 32.3. The van der Waals surface area contributed by atoms with Gasteiger partial charge in [-0.25, -0.2) is 0 Å². The molecule has 0 aromatic carbocycles. The van der Waals surface area contributed by atoms with Crippen molar-refractivity contribution in [3.8, 4) is 0 Å². The van der Waals surface area contributed by atoms with Gasteiger partial charge >= 0.3 is 0 Å². The smallest absolute Gasteiger partial charge is 0.293 e. The molecule has 0 aliphatic rings. The van der Waals surface area contributed by atoms with Crippen LogP contribution in [0.1, 0.15) is 149 Å². The highest BCUT2D eigenvalue weighted by atomic mass is 16.7. The maximum Gasteiger partial charge on any atom is 0.293 e. The summed E-state index contributed by atoms with van der Waals surface area (Å²) >= 11 is 0. The van der Waals surface area contributed by atoms with Crippen molar-refractivity contribution in [2.75, 3.05) is 0 Å². The Kier molecular flexibility index (Phi) is 21.4. The lowest BCUT2D eigenvalue weighted by Crippen LogP contribution is -2.59. The van der Waals surface area contributed by atoms with Crippen LogP contribution in [0.4, 0.5) is 0 Å². The molecule has 33 heavy (non-hydrogen) atoms. The summed E-state index contributed by atoms with van der Waals surface area (Å²) in [5, 5.41) is 30.2. The first-order valence-corrected chi connectivity index (χ1v) is 14.0. The molecule has 6 nitrogen and oxygen atoms in total. The number of carbonyl (C=O) groups excluding carboxylic acids is 1. The normalized spacial score (nSPS) is 13.8. The number of hydrogen-bond donors (Lipinski definition) is 5. The van der Waals surface area contributed by atoms with Crippen LogP contribution in [0.3, 0.4) is 0 Å². The summed E-state index contributed by atoms with van der Waals surface area (Å²) in [6.45, 7) is 4.05. The molecule has 2 unspecified atom stereocenters. The van der Waals surface area contributed by atoms with Gasteiger partial charge in [0.15, 0.2) is 0 Å². The molecule has 0 bridgehead atoms. The Labute approximate surface area is 204 Å². The minimum Gasteiger partial charge on any atom is -0.352 e. The van der Waals surface area contributed by atoms with Crippen molar-refractivity contribution >= 4 is 5.91 Å². The molecule has 0 aromatic heterocycles. The van der Waals surface area contributed by atoms with Crippen LogP contribution >= 0.6 is 0 Å². The maximum absolute atomic E-state index is 12.0. The Morgan fingerprint density at radius 1 is 0.667 bits per heavy atom. The molecule has 0 aliphatic carbocycles. The van der Waals surface area contributed by atoms with Gasteiger partial charge in [0.05, 0.1) is 6.04 Å². The topological polar surface area (TPSA) is 116 Å². The van der Waals surface area contributed by atoms with E-state index in [1.807, 2.05) is 0 Å². The first-order chi connectivity index (χ1) is 15.8. The molecule has 0 saturated heterocycles. The first-order valence-electron chi connectivity index (χ1n) is 14.0. The third-order valence-corrected chi connectivity index (χ3v) is 6.67. The highest BCUT2D eigenvalue weighted by Gasteiger charge is 2.35. The third-order valence-electron chi connectivity index (χ3n) is 6.67. The fraction of sp³-hybridized carbons (Fsp3) is 0.963. The van der Waals surface area contributed by atoms with Crippen molar-refractivity contribution in [3.63, 3.8) is 0 Å². The van der Waals surface area contributed by atoms with E-state index in [0.29, 0.717) is 12.8 Å². The average molecular weight is 473 g/mol. The van der Waals surface area contributed by atoms with Gasteiger partial charge in [0.25, 0.3) is 5.97 Å². The van der Waals surface area contributed by atoms with Crippen molar-refractivity contribution < 1.29 is 20.1 Å². The maximum atomic E-state index is 12.0. The molecule has 0 saturated carbocycles. The standard InChI is InChI=1S/C27H56N2O4/c1-3-5-6-7-8-9-10-11-12-13-14-15-16-17-18-19-20-21-22-23-25(30)29-24(4-2)26(28)27(31,32)33/h24,26,31-33H,3-23,28H2,1-2H3,(H,29,30). The van der Waals surface area contributed by atoms with E-state index in [9.17, 15) is 20.1 Å². The SMILES string of the molecule is CCCCCCCCCCCCCCCCCCCCCC(=O)NC(CC)C(N)C(O)(O)O. The van der Waals surface area contributed by atoms with Gasteiger partial charge in [-0.15, -0.1) is 0 Å². The molecule has 6 N–H and O–H groups in total. The molecule has 0 aromatic rings. The van der Waals surface area contributed by atoms with Crippen LogP contribution in [0.25, 0.3) is 0 Å². The zero-order chi connectivity index (χ0) is 24.8. The molecule has 2 atom stereocenters. The number of carbonyl (C=O) groups is 1. The molecule has 6 heteroatoms. The quantitative estimate of drug-likeness (QED) is 0.0918. The van der Waals surface area contributed by atoms with Gasteiger partial charge in [0.2, 0.25) is 5.91 Å². The van der Waals surface area contributed by atoms with Gasteiger partial charge in [-0.05, 0) is 12.8 Å². The Balaban J connectivity index is 3.39. The van der Waals surface area contributed by atoms with E-state index in [1.54, 1.807) is 6.92 Å². The Bertz CT molecular complexity index is 440. The largest absolute Gasteiger partial charge is 0.352 e. The monoisotopic (exact) mass is 472 g/mol. The fourth-order valence-electron chi connectivity index (χ4n) is 4.36. The van der Waals surface area contributed by atoms with Crippen LogP contribution in [-0.2, 0) is 4.79 Å². The van der Waals surface area contributed by atoms with Crippen LogP contribution in [-0.4, -0.2) is 39.3 Å². The molecule has 0 radical (unpaired) electrons. The van der Waals surface area contributed by atoms with E-state index < -0.39 is 18.1 Å². The molecule has 1 amide bonds. The number of hydrogen-bond acceptors (Lipinski definition) is 5. The number of nitrogens with one attached hydrogen (secondary N) is 1. The van der Waals surface area contributed by atoms with Crippen molar-refractivity contribution in [1.29, 1.82) is 0 Å². The third kappa shape index (κ3) is 20.4. The second-order valence-electron chi connectivity index (χ2n) is 9.91. The van der Waals surface area contributed by atoms with Crippen molar-refractivity contribution in [2.24, 2.45) is 5.73 Å². The van der Waals surface area contributed by atoms with Gasteiger partial charge in [0, 0.05) is 6.42 Å². The second-order valence-corrected chi connectivity index (χ2v) is 9.91.